The fourth-order valence-corrected chi connectivity index (χ4v) is 1.39. The highest BCUT2D eigenvalue weighted by Crippen LogP contribution is 2.18. The largest absolute Gasteiger partial charge is 0.382 e. The van der Waals surface area contributed by atoms with Crippen LogP contribution in [0, 0.1) is 17.5 Å². The summed E-state index contributed by atoms with van der Waals surface area (Å²) in [6.45, 7) is 3.72. The minimum atomic E-state index is -1.26. The lowest BCUT2D eigenvalue weighted by Crippen LogP contribution is -2.31. The van der Waals surface area contributed by atoms with E-state index in [-0.39, 0.29) is 30.6 Å². The molecule has 0 bridgehead atoms. The van der Waals surface area contributed by atoms with Gasteiger partial charge >= 0.3 is 0 Å². The maximum Gasteiger partial charge on any atom is 0.221 e. The van der Waals surface area contributed by atoms with Crippen molar-refractivity contribution in [2.75, 3.05) is 11.9 Å². The van der Waals surface area contributed by atoms with Crippen LogP contribution >= 0.6 is 0 Å². The van der Waals surface area contributed by atoms with Gasteiger partial charge in [-0.05, 0) is 13.8 Å². The van der Waals surface area contributed by atoms with E-state index in [4.69, 9.17) is 0 Å². The van der Waals surface area contributed by atoms with Gasteiger partial charge in [-0.3, -0.25) is 4.79 Å². The number of nitrogens with one attached hydrogen (secondary N) is 2. The standard InChI is InChI=1S/C12H15F3N2O/c1-7(2)17-11(18)3-4-16-10-6-8(13)5-9(14)12(10)15/h5-7,16H,3-4H2,1-2H3,(H,17,18). The third-order valence-corrected chi connectivity index (χ3v) is 2.11. The predicted octanol–water partition coefficient (Wildman–Crippen LogP) is 2.43. The highest BCUT2D eigenvalue weighted by atomic mass is 19.2. The van der Waals surface area contributed by atoms with E-state index in [1.54, 1.807) is 0 Å². The Morgan fingerprint density at radius 3 is 2.56 bits per heavy atom. The summed E-state index contributed by atoms with van der Waals surface area (Å²) in [4.78, 5) is 11.3. The molecular weight excluding hydrogens is 245 g/mol. The van der Waals surface area contributed by atoms with Gasteiger partial charge in [0, 0.05) is 31.1 Å². The van der Waals surface area contributed by atoms with Gasteiger partial charge in [0.05, 0.1) is 5.69 Å². The Hall–Kier alpha value is -1.72. The topological polar surface area (TPSA) is 41.1 Å². The average Bonchev–Trinajstić information content (AvgIpc) is 2.23. The van der Waals surface area contributed by atoms with Crippen LogP contribution in [0.2, 0.25) is 0 Å². The molecule has 100 valence electrons. The van der Waals surface area contributed by atoms with E-state index in [0.717, 1.165) is 6.07 Å². The van der Waals surface area contributed by atoms with Crippen LogP contribution in [0.25, 0.3) is 0 Å². The molecule has 0 saturated heterocycles. The monoisotopic (exact) mass is 260 g/mol. The highest BCUT2D eigenvalue weighted by Gasteiger charge is 2.11. The van der Waals surface area contributed by atoms with E-state index in [0.29, 0.717) is 6.07 Å². The van der Waals surface area contributed by atoms with Crippen molar-refractivity contribution in [3.8, 4) is 0 Å². The molecule has 1 rings (SSSR count). The minimum Gasteiger partial charge on any atom is -0.382 e. The fraction of sp³-hybridized carbons (Fsp3) is 0.417. The van der Waals surface area contributed by atoms with Crippen molar-refractivity contribution in [1.82, 2.24) is 5.32 Å². The summed E-state index contributed by atoms with van der Waals surface area (Å²) in [5.41, 5.74) is -0.287. The van der Waals surface area contributed by atoms with E-state index in [1.165, 1.54) is 0 Å². The Bertz CT molecular complexity index is 436. The maximum atomic E-state index is 13.2. The molecule has 1 aromatic rings. The molecule has 2 N–H and O–H groups in total. The first kappa shape index (κ1) is 14.3. The van der Waals surface area contributed by atoms with Crippen molar-refractivity contribution in [1.29, 1.82) is 0 Å². The minimum absolute atomic E-state index is 0.0147. The van der Waals surface area contributed by atoms with Gasteiger partial charge in [-0.15, -0.1) is 0 Å². The van der Waals surface area contributed by atoms with E-state index in [9.17, 15) is 18.0 Å². The third kappa shape index (κ3) is 4.27. The molecule has 0 aliphatic carbocycles. The zero-order valence-corrected chi connectivity index (χ0v) is 10.2. The molecule has 0 atom stereocenters. The third-order valence-electron chi connectivity index (χ3n) is 2.11. The smallest absolute Gasteiger partial charge is 0.221 e. The van der Waals surface area contributed by atoms with Crippen LogP contribution in [0.15, 0.2) is 12.1 Å². The van der Waals surface area contributed by atoms with E-state index in [2.05, 4.69) is 10.6 Å². The number of rotatable bonds is 5. The number of hydrogen-bond acceptors (Lipinski definition) is 2. The lowest BCUT2D eigenvalue weighted by molar-refractivity contribution is -0.121. The zero-order valence-electron chi connectivity index (χ0n) is 10.2. The summed E-state index contributed by atoms with van der Waals surface area (Å²) in [5.74, 6) is -3.50. The quantitative estimate of drug-likeness (QED) is 0.798. The molecule has 0 aliphatic rings. The lowest BCUT2D eigenvalue weighted by atomic mass is 10.2. The number of anilines is 1. The first-order valence-electron chi connectivity index (χ1n) is 5.58. The van der Waals surface area contributed by atoms with Gasteiger partial charge < -0.3 is 10.6 Å². The number of halogens is 3. The molecule has 0 unspecified atom stereocenters. The highest BCUT2D eigenvalue weighted by molar-refractivity contribution is 5.76. The summed E-state index contributed by atoms with van der Waals surface area (Å²) in [7, 11) is 0. The SMILES string of the molecule is CC(C)NC(=O)CCNc1cc(F)cc(F)c1F. The Kier molecular flexibility index (Phi) is 5.00. The van der Waals surface area contributed by atoms with Crippen LogP contribution in [0.5, 0.6) is 0 Å². The normalized spacial score (nSPS) is 10.6. The van der Waals surface area contributed by atoms with Crippen LogP contribution in [-0.2, 0) is 4.79 Å². The maximum absolute atomic E-state index is 13.2. The molecule has 0 aliphatic heterocycles. The average molecular weight is 260 g/mol. The first-order valence-corrected chi connectivity index (χ1v) is 5.58. The Labute approximate surface area is 103 Å². The second-order valence-electron chi connectivity index (χ2n) is 4.15. The van der Waals surface area contributed by atoms with Gasteiger partial charge in [0.25, 0.3) is 0 Å². The molecule has 1 aromatic carbocycles. The van der Waals surface area contributed by atoms with Gasteiger partial charge in [0.2, 0.25) is 5.91 Å². The van der Waals surface area contributed by atoms with Crippen molar-refractivity contribution in [3.63, 3.8) is 0 Å². The van der Waals surface area contributed by atoms with Crippen molar-refractivity contribution in [2.24, 2.45) is 0 Å². The molecule has 1 amide bonds. The van der Waals surface area contributed by atoms with Crippen molar-refractivity contribution in [2.45, 2.75) is 26.3 Å². The summed E-state index contributed by atoms with van der Waals surface area (Å²) in [6.07, 6.45) is 0.0930. The second kappa shape index (κ2) is 6.28. The summed E-state index contributed by atoms with van der Waals surface area (Å²) in [6, 6.07) is 1.32. The van der Waals surface area contributed by atoms with E-state index >= 15 is 0 Å². The van der Waals surface area contributed by atoms with Crippen molar-refractivity contribution >= 4 is 11.6 Å². The van der Waals surface area contributed by atoms with Gasteiger partial charge in [-0.2, -0.15) is 0 Å². The predicted molar refractivity (Wildman–Crippen MR) is 62.7 cm³/mol. The van der Waals surface area contributed by atoms with Gasteiger partial charge in [0.1, 0.15) is 5.82 Å². The molecule has 0 spiro atoms. The van der Waals surface area contributed by atoms with E-state index < -0.39 is 17.5 Å². The molecule has 0 fully saturated rings. The Balaban J connectivity index is 2.52. The second-order valence-corrected chi connectivity index (χ2v) is 4.15. The Morgan fingerprint density at radius 2 is 1.94 bits per heavy atom. The number of carbonyl (C=O) groups excluding carboxylic acids is 1. The van der Waals surface area contributed by atoms with E-state index in [1.807, 2.05) is 13.8 Å². The summed E-state index contributed by atoms with van der Waals surface area (Å²) < 4.78 is 38.9. The zero-order chi connectivity index (χ0) is 13.7. The van der Waals surface area contributed by atoms with Gasteiger partial charge in [0.15, 0.2) is 11.6 Å². The molecular formula is C12H15F3N2O. The van der Waals surface area contributed by atoms with Crippen LogP contribution in [-0.4, -0.2) is 18.5 Å². The molecule has 0 heterocycles. The summed E-state index contributed by atoms with van der Waals surface area (Å²) in [5, 5.41) is 5.13. The molecule has 0 radical (unpaired) electrons. The summed E-state index contributed by atoms with van der Waals surface area (Å²) >= 11 is 0. The van der Waals surface area contributed by atoms with Crippen LogP contribution in [0.1, 0.15) is 20.3 Å². The van der Waals surface area contributed by atoms with Crippen molar-refractivity contribution in [3.05, 3.63) is 29.6 Å². The van der Waals surface area contributed by atoms with Crippen LogP contribution in [0.3, 0.4) is 0 Å². The molecule has 18 heavy (non-hydrogen) atoms. The fourth-order valence-electron chi connectivity index (χ4n) is 1.39. The molecule has 6 heteroatoms. The Morgan fingerprint density at radius 1 is 1.28 bits per heavy atom. The molecule has 3 nitrogen and oxygen atoms in total. The van der Waals surface area contributed by atoms with Crippen molar-refractivity contribution < 1.29 is 18.0 Å². The number of hydrogen-bond donors (Lipinski definition) is 2. The number of carbonyl (C=O) groups is 1. The number of benzene rings is 1. The lowest BCUT2D eigenvalue weighted by Gasteiger charge is -2.10. The molecule has 0 saturated carbocycles. The molecule has 0 aromatic heterocycles. The van der Waals surface area contributed by atoms with Gasteiger partial charge in [-0.1, -0.05) is 0 Å². The van der Waals surface area contributed by atoms with Crippen LogP contribution in [0.4, 0.5) is 18.9 Å². The van der Waals surface area contributed by atoms with Gasteiger partial charge in [-0.25, -0.2) is 13.2 Å². The first-order chi connectivity index (χ1) is 8.40. The number of amides is 1. The van der Waals surface area contributed by atoms with Crippen LogP contribution < -0.4 is 10.6 Å².